The standard InChI is InChI=1S/C21H26N4O4/c1-15(2)29-18-5-3-17(4-6-18)24-19(26)16-13-22-20(23-14-16)25-9-7-21(8-10-25)27-11-12-28-21/h3-6,13-15H,7-12H2,1-2H3,(H,24,26). The van der Waals surface area contributed by atoms with Gasteiger partial charge in [0.15, 0.2) is 5.79 Å². The minimum absolute atomic E-state index is 0.106. The second-order valence-corrected chi connectivity index (χ2v) is 7.51. The van der Waals surface area contributed by atoms with Crippen molar-refractivity contribution in [2.75, 3.05) is 36.5 Å². The van der Waals surface area contributed by atoms with E-state index in [4.69, 9.17) is 14.2 Å². The normalized spacial score (nSPS) is 18.2. The van der Waals surface area contributed by atoms with Crippen molar-refractivity contribution in [1.29, 1.82) is 0 Å². The number of carbonyl (C=O) groups is 1. The highest BCUT2D eigenvalue weighted by atomic mass is 16.7. The number of nitrogens with zero attached hydrogens (tertiary/aromatic N) is 3. The fourth-order valence-corrected chi connectivity index (χ4v) is 3.53. The minimum atomic E-state index is -0.425. The number of aromatic nitrogens is 2. The van der Waals surface area contributed by atoms with Gasteiger partial charge in [-0.2, -0.15) is 0 Å². The highest BCUT2D eigenvalue weighted by molar-refractivity contribution is 6.03. The number of carbonyl (C=O) groups excluding carboxylic acids is 1. The summed E-state index contributed by atoms with van der Waals surface area (Å²) in [5.41, 5.74) is 1.10. The van der Waals surface area contributed by atoms with E-state index in [-0.39, 0.29) is 12.0 Å². The Hall–Kier alpha value is -2.71. The van der Waals surface area contributed by atoms with E-state index in [1.54, 1.807) is 12.4 Å². The molecule has 8 nitrogen and oxygen atoms in total. The van der Waals surface area contributed by atoms with Crippen molar-refractivity contribution in [2.45, 2.75) is 38.6 Å². The summed E-state index contributed by atoms with van der Waals surface area (Å²) in [4.78, 5) is 23.3. The van der Waals surface area contributed by atoms with Crippen molar-refractivity contribution in [3.63, 3.8) is 0 Å². The predicted octanol–water partition coefficient (Wildman–Crippen LogP) is 2.86. The van der Waals surface area contributed by atoms with Gasteiger partial charge in [0, 0.05) is 44.0 Å². The number of anilines is 2. The first-order valence-corrected chi connectivity index (χ1v) is 9.96. The molecule has 0 saturated carbocycles. The second-order valence-electron chi connectivity index (χ2n) is 7.51. The van der Waals surface area contributed by atoms with E-state index in [0.29, 0.717) is 30.4 Å². The molecule has 8 heteroatoms. The third-order valence-corrected chi connectivity index (χ3v) is 5.01. The number of hydrogen-bond acceptors (Lipinski definition) is 7. The van der Waals surface area contributed by atoms with Gasteiger partial charge in [0.2, 0.25) is 5.95 Å². The van der Waals surface area contributed by atoms with Crippen molar-refractivity contribution < 1.29 is 19.0 Å². The van der Waals surface area contributed by atoms with Crippen LogP contribution in [0.5, 0.6) is 5.75 Å². The van der Waals surface area contributed by atoms with Crippen LogP contribution in [0, 0.1) is 0 Å². The lowest BCUT2D eigenvalue weighted by atomic mass is 10.0. The van der Waals surface area contributed by atoms with Crippen molar-refractivity contribution in [3.8, 4) is 5.75 Å². The largest absolute Gasteiger partial charge is 0.491 e. The third kappa shape index (κ3) is 4.65. The van der Waals surface area contributed by atoms with Crippen LogP contribution in [-0.2, 0) is 9.47 Å². The van der Waals surface area contributed by atoms with Crippen LogP contribution in [0.15, 0.2) is 36.7 Å². The molecule has 0 aliphatic carbocycles. The van der Waals surface area contributed by atoms with Crippen LogP contribution in [0.4, 0.5) is 11.6 Å². The number of ether oxygens (including phenoxy) is 3. The summed E-state index contributed by atoms with van der Waals surface area (Å²) in [5, 5.41) is 2.85. The Balaban J connectivity index is 1.33. The molecule has 154 valence electrons. The van der Waals surface area contributed by atoms with Gasteiger partial charge < -0.3 is 24.4 Å². The van der Waals surface area contributed by atoms with Crippen molar-refractivity contribution in [3.05, 3.63) is 42.2 Å². The summed E-state index contributed by atoms with van der Waals surface area (Å²) in [6.45, 7) is 6.78. The molecule has 1 amide bonds. The molecule has 2 aliphatic heterocycles. The van der Waals surface area contributed by atoms with Crippen LogP contribution in [0.1, 0.15) is 37.0 Å². The Kier molecular flexibility index (Phi) is 5.64. The molecule has 0 bridgehead atoms. The van der Waals surface area contributed by atoms with Gasteiger partial charge in [-0.15, -0.1) is 0 Å². The number of amides is 1. The van der Waals surface area contributed by atoms with Gasteiger partial charge in [-0.1, -0.05) is 0 Å². The molecule has 2 aromatic rings. The van der Waals surface area contributed by atoms with E-state index in [9.17, 15) is 4.79 Å². The van der Waals surface area contributed by atoms with E-state index in [0.717, 1.165) is 31.7 Å². The number of benzene rings is 1. The molecule has 29 heavy (non-hydrogen) atoms. The maximum Gasteiger partial charge on any atom is 0.258 e. The molecular weight excluding hydrogens is 372 g/mol. The van der Waals surface area contributed by atoms with Gasteiger partial charge in [0.05, 0.1) is 24.9 Å². The topological polar surface area (TPSA) is 85.8 Å². The molecule has 1 N–H and O–H groups in total. The van der Waals surface area contributed by atoms with Crippen LogP contribution >= 0.6 is 0 Å². The summed E-state index contributed by atoms with van der Waals surface area (Å²) in [6, 6.07) is 7.27. The Morgan fingerprint density at radius 2 is 1.72 bits per heavy atom. The summed E-state index contributed by atoms with van der Waals surface area (Å²) >= 11 is 0. The zero-order valence-electron chi connectivity index (χ0n) is 16.8. The number of piperidine rings is 1. The van der Waals surface area contributed by atoms with Gasteiger partial charge in [0.1, 0.15) is 5.75 Å². The van der Waals surface area contributed by atoms with E-state index in [1.165, 1.54) is 0 Å². The van der Waals surface area contributed by atoms with Crippen LogP contribution in [0.3, 0.4) is 0 Å². The molecular formula is C21H26N4O4. The lowest BCUT2D eigenvalue weighted by Crippen LogP contribution is -2.45. The Labute approximate surface area is 170 Å². The van der Waals surface area contributed by atoms with Gasteiger partial charge in [-0.25, -0.2) is 9.97 Å². The van der Waals surface area contributed by atoms with E-state index in [1.807, 2.05) is 38.1 Å². The first-order chi connectivity index (χ1) is 14.0. The molecule has 1 aromatic heterocycles. The van der Waals surface area contributed by atoms with Crippen molar-refractivity contribution >= 4 is 17.5 Å². The van der Waals surface area contributed by atoms with Crippen molar-refractivity contribution in [2.24, 2.45) is 0 Å². The fourth-order valence-electron chi connectivity index (χ4n) is 3.53. The van der Waals surface area contributed by atoms with Crippen LogP contribution in [-0.4, -0.2) is 54.1 Å². The summed E-state index contributed by atoms with van der Waals surface area (Å²) < 4.78 is 17.1. The maximum absolute atomic E-state index is 12.5. The monoisotopic (exact) mass is 398 g/mol. The Bertz CT molecular complexity index is 823. The Morgan fingerprint density at radius 1 is 1.10 bits per heavy atom. The number of hydrogen-bond donors (Lipinski definition) is 1. The second kappa shape index (κ2) is 8.34. The molecule has 0 radical (unpaired) electrons. The highest BCUT2D eigenvalue weighted by Crippen LogP contribution is 2.32. The molecule has 3 heterocycles. The van der Waals surface area contributed by atoms with Crippen molar-refractivity contribution in [1.82, 2.24) is 9.97 Å². The Morgan fingerprint density at radius 3 is 2.31 bits per heavy atom. The smallest absolute Gasteiger partial charge is 0.258 e. The summed E-state index contributed by atoms with van der Waals surface area (Å²) in [5.74, 6) is 0.706. The summed E-state index contributed by atoms with van der Waals surface area (Å²) in [6.07, 6.45) is 4.79. The lowest BCUT2D eigenvalue weighted by Gasteiger charge is -2.37. The quantitative estimate of drug-likeness (QED) is 0.829. The average molecular weight is 398 g/mol. The van der Waals surface area contributed by atoms with Crippen LogP contribution < -0.4 is 15.0 Å². The number of rotatable bonds is 5. The SMILES string of the molecule is CC(C)Oc1ccc(NC(=O)c2cnc(N3CCC4(CC3)OCCO4)nc2)cc1. The molecule has 2 aliphatic rings. The molecule has 4 rings (SSSR count). The third-order valence-electron chi connectivity index (χ3n) is 5.01. The first-order valence-electron chi connectivity index (χ1n) is 9.96. The first kappa shape index (κ1) is 19.6. The predicted molar refractivity (Wildman–Crippen MR) is 108 cm³/mol. The maximum atomic E-state index is 12.5. The van der Waals surface area contributed by atoms with E-state index in [2.05, 4.69) is 20.2 Å². The zero-order chi connectivity index (χ0) is 20.3. The molecule has 1 aromatic carbocycles. The minimum Gasteiger partial charge on any atom is -0.491 e. The molecule has 0 unspecified atom stereocenters. The van der Waals surface area contributed by atoms with E-state index >= 15 is 0 Å². The van der Waals surface area contributed by atoms with Crippen LogP contribution in [0.2, 0.25) is 0 Å². The number of nitrogens with one attached hydrogen (secondary N) is 1. The zero-order valence-corrected chi connectivity index (χ0v) is 16.8. The van der Waals surface area contributed by atoms with Gasteiger partial charge >= 0.3 is 0 Å². The molecule has 1 spiro atoms. The molecule has 2 fully saturated rings. The van der Waals surface area contributed by atoms with Crippen LogP contribution in [0.25, 0.3) is 0 Å². The van der Waals surface area contributed by atoms with Gasteiger partial charge in [0.25, 0.3) is 5.91 Å². The average Bonchev–Trinajstić information content (AvgIpc) is 3.18. The van der Waals surface area contributed by atoms with Gasteiger partial charge in [-0.05, 0) is 38.1 Å². The van der Waals surface area contributed by atoms with E-state index < -0.39 is 5.79 Å². The fraction of sp³-hybridized carbons (Fsp3) is 0.476. The summed E-state index contributed by atoms with van der Waals surface area (Å²) in [7, 11) is 0. The molecule has 0 atom stereocenters. The molecule has 2 saturated heterocycles. The highest BCUT2D eigenvalue weighted by Gasteiger charge is 2.40. The lowest BCUT2D eigenvalue weighted by molar-refractivity contribution is -0.169. The van der Waals surface area contributed by atoms with Gasteiger partial charge in [-0.3, -0.25) is 4.79 Å².